The SMILES string of the molecule is CC(C)c1cccc(NCc2ccc(Br)c(Br)c2)c1. The van der Waals surface area contributed by atoms with Gasteiger partial charge in [-0.25, -0.2) is 0 Å². The van der Waals surface area contributed by atoms with E-state index < -0.39 is 0 Å². The molecule has 0 unspecified atom stereocenters. The molecule has 2 aromatic carbocycles. The van der Waals surface area contributed by atoms with Crippen molar-refractivity contribution in [1.29, 1.82) is 0 Å². The minimum atomic E-state index is 0.559. The van der Waals surface area contributed by atoms with Crippen LogP contribution in [0.1, 0.15) is 30.9 Å². The van der Waals surface area contributed by atoms with Gasteiger partial charge in [-0.1, -0.05) is 32.0 Å². The molecular weight excluding hydrogens is 366 g/mol. The molecule has 0 aromatic heterocycles. The quantitative estimate of drug-likeness (QED) is 0.689. The van der Waals surface area contributed by atoms with E-state index in [1.165, 1.54) is 16.8 Å². The van der Waals surface area contributed by atoms with E-state index in [0.29, 0.717) is 5.92 Å². The first kappa shape index (κ1) is 14.6. The van der Waals surface area contributed by atoms with Crippen molar-refractivity contribution in [3.8, 4) is 0 Å². The lowest BCUT2D eigenvalue weighted by molar-refractivity contribution is 0.866. The summed E-state index contributed by atoms with van der Waals surface area (Å²) in [5.41, 5.74) is 3.79. The second-order valence-corrected chi connectivity index (χ2v) is 6.59. The van der Waals surface area contributed by atoms with Crippen LogP contribution in [0.3, 0.4) is 0 Å². The molecule has 0 aliphatic rings. The Morgan fingerprint density at radius 3 is 2.47 bits per heavy atom. The molecule has 0 saturated heterocycles. The molecule has 0 aliphatic heterocycles. The van der Waals surface area contributed by atoms with Crippen LogP contribution in [-0.2, 0) is 6.54 Å². The first-order valence-electron chi connectivity index (χ1n) is 6.34. The van der Waals surface area contributed by atoms with E-state index in [-0.39, 0.29) is 0 Å². The van der Waals surface area contributed by atoms with E-state index in [0.717, 1.165) is 15.5 Å². The molecule has 1 nitrogen and oxygen atoms in total. The summed E-state index contributed by atoms with van der Waals surface area (Å²) in [5.74, 6) is 0.559. The number of hydrogen-bond acceptors (Lipinski definition) is 1. The third-order valence-electron chi connectivity index (χ3n) is 3.03. The summed E-state index contributed by atoms with van der Waals surface area (Å²) in [7, 11) is 0. The number of halogens is 2. The van der Waals surface area contributed by atoms with Gasteiger partial charge in [0.1, 0.15) is 0 Å². The van der Waals surface area contributed by atoms with Crippen LogP contribution in [-0.4, -0.2) is 0 Å². The molecular formula is C16H17Br2N. The smallest absolute Gasteiger partial charge is 0.0401 e. The summed E-state index contributed by atoms with van der Waals surface area (Å²) in [5, 5.41) is 3.47. The molecule has 0 spiro atoms. The highest BCUT2D eigenvalue weighted by molar-refractivity contribution is 9.13. The third kappa shape index (κ3) is 4.08. The fraction of sp³-hybridized carbons (Fsp3) is 0.250. The standard InChI is InChI=1S/C16H17Br2N/c1-11(2)13-4-3-5-14(9-13)19-10-12-6-7-15(17)16(18)8-12/h3-9,11,19H,10H2,1-2H3. The zero-order valence-electron chi connectivity index (χ0n) is 11.1. The van der Waals surface area contributed by atoms with Crippen LogP contribution in [0.5, 0.6) is 0 Å². The summed E-state index contributed by atoms with van der Waals surface area (Å²) < 4.78 is 2.17. The Labute approximate surface area is 131 Å². The largest absolute Gasteiger partial charge is 0.381 e. The van der Waals surface area contributed by atoms with Crippen molar-refractivity contribution < 1.29 is 0 Å². The van der Waals surface area contributed by atoms with Crippen molar-refractivity contribution in [2.24, 2.45) is 0 Å². The molecule has 3 heteroatoms. The van der Waals surface area contributed by atoms with Gasteiger partial charge < -0.3 is 5.32 Å². The Morgan fingerprint density at radius 2 is 1.79 bits per heavy atom. The molecule has 0 amide bonds. The Morgan fingerprint density at radius 1 is 1.00 bits per heavy atom. The van der Waals surface area contributed by atoms with Crippen molar-refractivity contribution in [2.45, 2.75) is 26.3 Å². The molecule has 0 atom stereocenters. The maximum atomic E-state index is 3.53. The van der Waals surface area contributed by atoms with Crippen LogP contribution in [0.15, 0.2) is 51.4 Å². The van der Waals surface area contributed by atoms with Crippen LogP contribution >= 0.6 is 31.9 Å². The van der Waals surface area contributed by atoms with E-state index in [2.05, 4.69) is 93.5 Å². The van der Waals surface area contributed by atoms with E-state index >= 15 is 0 Å². The summed E-state index contributed by atoms with van der Waals surface area (Å²) in [4.78, 5) is 0. The van der Waals surface area contributed by atoms with E-state index in [1.807, 2.05) is 0 Å². The van der Waals surface area contributed by atoms with Gasteiger partial charge in [0, 0.05) is 21.2 Å². The van der Waals surface area contributed by atoms with Gasteiger partial charge in [0.2, 0.25) is 0 Å². The number of rotatable bonds is 4. The van der Waals surface area contributed by atoms with Crippen molar-refractivity contribution in [2.75, 3.05) is 5.32 Å². The first-order valence-corrected chi connectivity index (χ1v) is 7.92. The van der Waals surface area contributed by atoms with E-state index in [4.69, 9.17) is 0 Å². The topological polar surface area (TPSA) is 12.0 Å². The van der Waals surface area contributed by atoms with Gasteiger partial charge in [-0.2, -0.15) is 0 Å². The molecule has 19 heavy (non-hydrogen) atoms. The van der Waals surface area contributed by atoms with Gasteiger partial charge >= 0.3 is 0 Å². The number of benzene rings is 2. The van der Waals surface area contributed by atoms with Gasteiger partial charge in [0.15, 0.2) is 0 Å². The van der Waals surface area contributed by atoms with E-state index in [1.54, 1.807) is 0 Å². The van der Waals surface area contributed by atoms with Crippen LogP contribution in [0.2, 0.25) is 0 Å². The minimum Gasteiger partial charge on any atom is -0.381 e. The summed E-state index contributed by atoms with van der Waals surface area (Å²) in [6.45, 7) is 5.25. The van der Waals surface area contributed by atoms with Crippen LogP contribution in [0.4, 0.5) is 5.69 Å². The average molecular weight is 383 g/mol. The molecule has 0 radical (unpaired) electrons. The summed E-state index contributed by atoms with van der Waals surface area (Å²) in [6.07, 6.45) is 0. The second-order valence-electron chi connectivity index (χ2n) is 4.88. The predicted molar refractivity (Wildman–Crippen MR) is 89.7 cm³/mol. The summed E-state index contributed by atoms with van der Waals surface area (Å²) in [6, 6.07) is 14.9. The molecule has 2 rings (SSSR count). The lowest BCUT2D eigenvalue weighted by Crippen LogP contribution is -2.00. The molecule has 0 bridgehead atoms. The van der Waals surface area contributed by atoms with Crippen LogP contribution in [0.25, 0.3) is 0 Å². The Hall–Kier alpha value is -0.800. The highest BCUT2D eigenvalue weighted by Gasteiger charge is 2.01. The highest BCUT2D eigenvalue weighted by Crippen LogP contribution is 2.24. The molecule has 2 aromatic rings. The lowest BCUT2D eigenvalue weighted by Gasteiger charge is -2.11. The number of anilines is 1. The zero-order chi connectivity index (χ0) is 13.8. The summed E-state index contributed by atoms with van der Waals surface area (Å²) >= 11 is 7.01. The van der Waals surface area contributed by atoms with Crippen molar-refractivity contribution in [1.82, 2.24) is 0 Å². The predicted octanol–water partition coefficient (Wildman–Crippen LogP) is 5.95. The Bertz CT molecular complexity index is 564. The van der Waals surface area contributed by atoms with E-state index in [9.17, 15) is 0 Å². The van der Waals surface area contributed by atoms with Crippen molar-refractivity contribution in [3.05, 3.63) is 62.5 Å². The lowest BCUT2D eigenvalue weighted by atomic mass is 10.0. The molecule has 0 fully saturated rings. The molecule has 0 heterocycles. The Kier molecular flexibility index (Phi) is 5.06. The van der Waals surface area contributed by atoms with Gasteiger partial charge in [0.05, 0.1) is 0 Å². The van der Waals surface area contributed by atoms with Crippen molar-refractivity contribution in [3.63, 3.8) is 0 Å². The monoisotopic (exact) mass is 381 g/mol. The molecule has 0 saturated carbocycles. The number of hydrogen-bond donors (Lipinski definition) is 1. The Balaban J connectivity index is 2.05. The third-order valence-corrected chi connectivity index (χ3v) is 4.91. The van der Waals surface area contributed by atoms with Crippen molar-refractivity contribution >= 4 is 37.5 Å². The average Bonchev–Trinajstić information content (AvgIpc) is 2.40. The van der Waals surface area contributed by atoms with Crippen LogP contribution < -0.4 is 5.32 Å². The molecule has 100 valence electrons. The molecule has 0 aliphatic carbocycles. The number of nitrogens with one attached hydrogen (secondary N) is 1. The van der Waals surface area contributed by atoms with Gasteiger partial charge in [0.25, 0.3) is 0 Å². The molecule has 1 N–H and O–H groups in total. The van der Waals surface area contributed by atoms with Gasteiger partial charge in [-0.3, -0.25) is 0 Å². The van der Waals surface area contributed by atoms with Crippen LogP contribution in [0, 0.1) is 0 Å². The second kappa shape index (κ2) is 6.58. The fourth-order valence-electron chi connectivity index (χ4n) is 1.86. The maximum Gasteiger partial charge on any atom is 0.0401 e. The normalized spacial score (nSPS) is 10.8. The minimum absolute atomic E-state index is 0.559. The zero-order valence-corrected chi connectivity index (χ0v) is 14.3. The first-order chi connectivity index (χ1) is 9.06. The highest BCUT2D eigenvalue weighted by atomic mass is 79.9. The fourth-order valence-corrected chi connectivity index (χ4v) is 2.53. The van der Waals surface area contributed by atoms with Gasteiger partial charge in [-0.15, -0.1) is 0 Å². The maximum absolute atomic E-state index is 3.53. The van der Waals surface area contributed by atoms with Gasteiger partial charge in [-0.05, 0) is 73.2 Å².